The van der Waals surface area contributed by atoms with Crippen LogP contribution in [0.2, 0.25) is 0 Å². The molecule has 1 aliphatic carbocycles. The van der Waals surface area contributed by atoms with Crippen LogP contribution in [0, 0.1) is 0 Å². The van der Waals surface area contributed by atoms with Crippen LogP contribution >= 0.6 is 0 Å². The highest BCUT2D eigenvalue weighted by molar-refractivity contribution is 7.92. The molecule has 1 aromatic heterocycles. The molecule has 0 saturated heterocycles. The van der Waals surface area contributed by atoms with Crippen molar-refractivity contribution in [1.29, 1.82) is 0 Å². The number of aromatic nitrogens is 1. The van der Waals surface area contributed by atoms with Gasteiger partial charge in [-0.25, -0.2) is 13.4 Å². The Morgan fingerprint density at radius 1 is 1.12 bits per heavy atom. The molecule has 128 valence electrons. The van der Waals surface area contributed by atoms with Gasteiger partial charge >= 0.3 is 0 Å². The van der Waals surface area contributed by atoms with Gasteiger partial charge in [-0.1, -0.05) is 0 Å². The predicted octanol–water partition coefficient (Wildman–Crippen LogP) is 3.24. The topological polar surface area (TPSA) is 80.3 Å². The first-order valence-electron chi connectivity index (χ1n) is 7.94. The van der Waals surface area contributed by atoms with Crippen LogP contribution in [0.25, 0.3) is 0 Å². The maximum atomic E-state index is 12.4. The van der Waals surface area contributed by atoms with Crippen LogP contribution in [0.4, 0.5) is 11.5 Å². The van der Waals surface area contributed by atoms with Gasteiger partial charge in [-0.3, -0.25) is 4.72 Å². The quantitative estimate of drug-likeness (QED) is 0.804. The van der Waals surface area contributed by atoms with E-state index >= 15 is 0 Å². The molecule has 0 bridgehead atoms. The Hall–Kier alpha value is -2.28. The van der Waals surface area contributed by atoms with Gasteiger partial charge in [0, 0.05) is 6.04 Å². The van der Waals surface area contributed by atoms with Crippen molar-refractivity contribution in [2.45, 2.75) is 43.7 Å². The van der Waals surface area contributed by atoms with E-state index in [1.165, 1.54) is 25.0 Å². The summed E-state index contributed by atoms with van der Waals surface area (Å²) in [6, 6.07) is 10.3. The van der Waals surface area contributed by atoms with Crippen LogP contribution in [-0.4, -0.2) is 25.5 Å². The number of rotatable bonds is 7. The maximum Gasteiger partial charge on any atom is 0.263 e. The summed E-state index contributed by atoms with van der Waals surface area (Å²) in [7, 11) is -3.67. The Balaban J connectivity index is 1.68. The molecule has 6 nitrogen and oxygen atoms in total. The second kappa shape index (κ2) is 6.68. The Morgan fingerprint density at radius 2 is 1.83 bits per heavy atom. The maximum absolute atomic E-state index is 12.4. The molecule has 1 aliphatic rings. The summed E-state index contributed by atoms with van der Waals surface area (Å²) < 4.78 is 32.8. The average molecular weight is 347 g/mol. The molecule has 3 rings (SSSR count). The van der Waals surface area contributed by atoms with Crippen LogP contribution < -0.4 is 14.8 Å². The molecule has 0 spiro atoms. The Kier molecular flexibility index (Phi) is 4.62. The van der Waals surface area contributed by atoms with E-state index < -0.39 is 10.0 Å². The molecule has 0 aliphatic heterocycles. The predicted molar refractivity (Wildman–Crippen MR) is 93.9 cm³/mol. The molecule has 1 heterocycles. The number of hydrogen-bond donors (Lipinski definition) is 2. The minimum atomic E-state index is -3.67. The third kappa shape index (κ3) is 4.38. The molecular formula is C17H21N3O3S. The molecule has 2 N–H and O–H groups in total. The molecule has 1 saturated carbocycles. The number of anilines is 2. The van der Waals surface area contributed by atoms with Crippen molar-refractivity contribution in [2.75, 3.05) is 10.0 Å². The monoisotopic (exact) mass is 347 g/mol. The minimum absolute atomic E-state index is 0.0394. The fourth-order valence-corrected chi connectivity index (χ4v) is 3.18. The van der Waals surface area contributed by atoms with Gasteiger partial charge in [-0.2, -0.15) is 0 Å². The molecule has 0 unspecified atom stereocenters. The lowest BCUT2D eigenvalue weighted by Gasteiger charge is -2.11. The smallest absolute Gasteiger partial charge is 0.263 e. The minimum Gasteiger partial charge on any atom is -0.491 e. The second-order valence-electron chi connectivity index (χ2n) is 6.09. The fourth-order valence-electron chi connectivity index (χ4n) is 2.17. The Morgan fingerprint density at radius 3 is 2.38 bits per heavy atom. The third-order valence-corrected chi connectivity index (χ3v) is 4.83. The number of ether oxygens (including phenoxy) is 1. The van der Waals surface area contributed by atoms with Crippen molar-refractivity contribution in [3.63, 3.8) is 0 Å². The third-order valence-electron chi connectivity index (χ3n) is 3.46. The van der Waals surface area contributed by atoms with Gasteiger partial charge < -0.3 is 10.1 Å². The first kappa shape index (κ1) is 16.6. The van der Waals surface area contributed by atoms with Crippen molar-refractivity contribution < 1.29 is 13.2 Å². The molecule has 24 heavy (non-hydrogen) atoms. The summed E-state index contributed by atoms with van der Waals surface area (Å²) in [5, 5.41) is 3.31. The van der Waals surface area contributed by atoms with E-state index in [0.29, 0.717) is 17.6 Å². The fraction of sp³-hybridized carbons (Fsp3) is 0.353. The SMILES string of the molecule is CC(C)Oc1ccc(S(=O)(=O)Nc2ccc(NC3CC3)cn2)cc1. The lowest BCUT2D eigenvalue weighted by molar-refractivity contribution is 0.242. The van der Waals surface area contributed by atoms with Crippen molar-refractivity contribution in [3.05, 3.63) is 42.6 Å². The van der Waals surface area contributed by atoms with Crippen molar-refractivity contribution in [3.8, 4) is 5.75 Å². The number of nitrogens with one attached hydrogen (secondary N) is 2. The van der Waals surface area contributed by atoms with Crippen molar-refractivity contribution in [1.82, 2.24) is 4.98 Å². The zero-order valence-corrected chi connectivity index (χ0v) is 14.5. The van der Waals surface area contributed by atoms with E-state index in [0.717, 1.165) is 5.69 Å². The molecular weight excluding hydrogens is 326 g/mol. The zero-order chi connectivity index (χ0) is 17.2. The van der Waals surface area contributed by atoms with Crippen LogP contribution in [0.1, 0.15) is 26.7 Å². The molecule has 1 fully saturated rings. The molecule has 0 atom stereocenters. The van der Waals surface area contributed by atoms with E-state index in [1.807, 2.05) is 19.9 Å². The number of benzene rings is 1. The molecule has 0 amide bonds. The lowest BCUT2D eigenvalue weighted by Crippen LogP contribution is -2.14. The first-order chi connectivity index (χ1) is 11.4. The standard InChI is InChI=1S/C17H21N3O3S/c1-12(2)23-15-6-8-16(9-7-15)24(21,22)20-17-10-5-14(11-18-17)19-13-3-4-13/h5-13,19H,3-4H2,1-2H3,(H,18,20). The normalized spacial score (nSPS) is 14.5. The van der Waals surface area contributed by atoms with Gasteiger partial charge in [0.25, 0.3) is 10.0 Å². The van der Waals surface area contributed by atoms with Gasteiger partial charge in [0.1, 0.15) is 11.6 Å². The molecule has 0 radical (unpaired) electrons. The van der Waals surface area contributed by atoms with E-state index in [2.05, 4.69) is 15.0 Å². The summed E-state index contributed by atoms with van der Waals surface area (Å²) in [5.74, 6) is 0.927. The Bertz CT molecular complexity index is 783. The largest absolute Gasteiger partial charge is 0.491 e. The average Bonchev–Trinajstić information content (AvgIpc) is 3.33. The van der Waals surface area contributed by atoms with Gasteiger partial charge in [-0.15, -0.1) is 0 Å². The van der Waals surface area contributed by atoms with E-state index in [-0.39, 0.29) is 11.0 Å². The van der Waals surface area contributed by atoms with Gasteiger partial charge in [0.2, 0.25) is 0 Å². The van der Waals surface area contributed by atoms with E-state index in [9.17, 15) is 8.42 Å². The van der Waals surface area contributed by atoms with Crippen molar-refractivity contribution in [2.24, 2.45) is 0 Å². The molecule has 7 heteroatoms. The zero-order valence-electron chi connectivity index (χ0n) is 13.7. The molecule has 1 aromatic carbocycles. The highest BCUT2D eigenvalue weighted by Crippen LogP contribution is 2.25. The summed E-state index contributed by atoms with van der Waals surface area (Å²) in [5.41, 5.74) is 0.899. The number of hydrogen-bond acceptors (Lipinski definition) is 5. The van der Waals surface area contributed by atoms with E-state index in [4.69, 9.17) is 4.74 Å². The van der Waals surface area contributed by atoms with Gasteiger partial charge in [0.15, 0.2) is 0 Å². The van der Waals surface area contributed by atoms with Crippen LogP contribution in [0.15, 0.2) is 47.5 Å². The number of pyridine rings is 1. The lowest BCUT2D eigenvalue weighted by atomic mass is 10.3. The summed E-state index contributed by atoms with van der Waals surface area (Å²) in [6.07, 6.45) is 4.02. The highest BCUT2D eigenvalue weighted by Gasteiger charge is 2.21. The van der Waals surface area contributed by atoms with Crippen molar-refractivity contribution >= 4 is 21.5 Å². The first-order valence-corrected chi connectivity index (χ1v) is 9.43. The number of nitrogens with zero attached hydrogens (tertiary/aromatic N) is 1. The van der Waals surface area contributed by atoms with Crippen LogP contribution in [0.3, 0.4) is 0 Å². The van der Waals surface area contributed by atoms with Crippen LogP contribution in [-0.2, 0) is 10.0 Å². The highest BCUT2D eigenvalue weighted by atomic mass is 32.2. The molecule has 2 aromatic rings. The summed E-state index contributed by atoms with van der Waals surface area (Å²) in [4.78, 5) is 4.32. The second-order valence-corrected chi connectivity index (χ2v) is 7.78. The van der Waals surface area contributed by atoms with Crippen LogP contribution in [0.5, 0.6) is 5.75 Å². The van der Waals surface area contributed by atoms with E-state index in [1.54, 1.807) is 24.4 Å². The van der Waals surface area contributed by atoms with Gasteiger partial charge in [-0.05, 0) is 63.1 Å². The summed E-state index contributed by atoms with van der Waals surface area (Å²) in [6.45, 7) is 3.83. The Labute approximate surface area is 142 Å². The summed E-state index contributed by atoms with van der Waals surface area (Å²) >= 11 is 0. The number of sulfonamides is 1. The van der Waals surface area contributed by atoms with Gasteiger partial charge in [0.05, 0.1) is 22.9 Å².